The van der Waals surface area contributed by atoms with Crippen molar-refractivity contribution >= 4 is 12.6 Å². The van der Waals surface area contributed by atoms with Gasteiger partial charge in [0.15, 0.2) is 0 Å². The molecule has 10 heavy (non-hydrogen) atoms. The van der Waals surface area contributed by atoms with Crippen LogP contribution in [0.15, 0.2) is 11.1 Å². The van der Waals surface area contributed by atoms with Crippen LogP contribution >= 0.6 is 12.6 Å². The van der Waals surface area contributed by atoms with E-state index < -0.39 is 0 Å². The molecular weight excluding hydrogens is 140 g/mol. The van der Waals surface area contributed by atoms with Gasteiger partial charge in [0.2, 0.25) is 0 Å². The zero-order valence-electron chi connectivity index (χ0n) is 6.85. The second kappa shape index (κ2) is 3.47. The van der Waals surface area contributed by atoms with Crippen molar-refractivity contribution in [2.45, 2.75) is 33.1 Å². The molecule has 0 atom stereocenters. The molecule has 0 unspecified atom stereocenters. The summed E-state index contributed by atoms with van der Waals surface area (Å²) in [7, 11) is 0. The Morgan fingerprint density at radius 2 is 2.10 bits per heavy atom. The minimum Gasteiger partial charge on any atom is -0.175 e. The van der Waals surface area contributed by atoms with Gasteiger partial charge in [-0.1, -0.05) is 25.0 Å². The van der Waals surface area contributed by atoms with E-state index in [-0.39, 0.29) is 0 Å². The first kappa shape index (κ1) is 8.19. The van der Waals surface area contributed by atoms with Crippen molar-refractivity contribution in [3.05, 3.63) is 11.1 Å². The molecular formula is C9H16S. The molecule has 0 fully saturated rings. The van der Waals surface area contributed by atoms with Gasteiger partial charge < -0.3 is 0 Å². The minimum absolute atomic E-state index is 0.754. The SMILES string of the molecule is CC(C)C1=C(CS)CCC1. The molecule has 1 heteroatoms. The van der Waals surface area contributed by atoms with Gasteiger partial charge in [-0.2, -0.15) is 12.6 Å². The highest BCUT2D eigenvalue weighted by Gasteiger charge is 2.14. The highest BCUT2D eigenvalue weighted by molar-refractivity contribution is 7.80. The van der Waals surface area contributed by atoms with E-state index >= 15 is 0 Å². The molecule has 1 aliphatic carbocycles. The number of hydrogen-bond donors (Lipinski definition) is 1. The minimum atomic E-state index is 0.754. The van der Waals surface area contributed by atoms with Crippen LogP contribution in [0.25, 0.3) is 0 Å². The Hall–Kier alpha value is 0.0900. The monoisotopic (exact) mass is 156 g/mol. The molecule has 1 aliphatic rings. The normalized spacial score (nSPS) is 19.2. The topological polar surface area (TPSA) is 0 Å². The van der Waals surface area contributed by atoms with Crippen LogP contribution < -0.4 is 0 Å². The molecule has 0 radical (unpaired) electrons. The molecule has 0 aromatic rings. The highest BCUT2D eigenvalue weighted by atomic mass is 32.1. The van der Waals surface area contributed by atoms with E-state index in [4.69, 9.17) is 0 Å². The van der Waals surface area contributed by atoms with Crippen molar-refractivity contribution in [1.29, 1.82) is 0 Å². The average Bonchev–Trinajstić information content (AvgIpc) is 2.33. The molecule has 0 spiro atoms. The third-order valence-corrected chi connectivity index (χ3v) is 2.65. The van der Waals surface area contributed by atoms with Crippen molar-refractivity contribution in [2.24, 2.45) is 5.92 Å². The maximum absolute atomic E-state index is 4.31. The Bertz CT molecular complexity index is 145. The predicted molar refractivity (Wildman–Crippen MR) is 49.6 cm³/mol. The van der Waals surface area contributed by atoms with Gasteiger partial charge in [0.25, 0.3) is 0 Å². The largest absolute Gasteiger partial charge is 0.175 e. The second-order valence-corrected chi connectivity index (χ2v) is 3.61. The van der Waals surface area contributed by atoms with E-state index in [2.05, 4.69) is 26.5 Å². The Kier molecular flexibility index (Phi) is 2.84. The molecule has 0 heterocycles. The maximum atomic E-state index is 4.31. The van der Waals surface area contributed by atoms with E-state index in [0.29, 0.717) is 0 Å². The fraction of sp³-hybridized carbons (Fsp3) is 0.778. The quantitative estimate of drug-likeness (QED) is 0.461. The molecule has 0 aliphatic heterocycles. The van der Waals surface area contributed by atoms with Crippen LogP contribution in [0.4, 0.5) is 0 Å². The number of thiol groups is 1. The summed E-state index contributed by atoms with van der Waals surface area (Å²) in [5.41, 5.74) is 3.29. The van der Waals surface area contributed by atoms with Gasteiger partial charge in [-0.25, -0.2) is 0 Å². The van der Waals surface area contributed by atoms with E-state index in [9.17, 15) is 0 Å². The highest BCUT2D eigenvalue weighted by Crippen LogP contribution is 2.31. The van der Waals surface area contributed by atoms with E-state index in [1.165, 1.54) is 19.3 Å². The first-order valence-corrected chi connectivity index (χ1v) is 4.70. The van der Waals surface area contributed by atoms with Gasteiger partial charge in [0.05, 0.1) is 0 Å². The summed E-state index contributed by atoms with van der Waals surface area (Å²) in [6.07, 6.45) is 3.99. The molecule has 58 valence electrons. The lowest BCUT2D eigenvalue weighted by Crippen LogP contribution is -1.94. The van der Waals surface area contributed by atoms with Gasteiger partial charge in [-0.3, -0.25) is 0 Å². The third kappa shape index (κ3) is 1.57. The van der Waals surface area contributed by atoms with Gasteiger partial charge in [0, 0.05) is 5.75 Å². The molecule has 0 saturated heterocycles. The van der Waals surface area contributed by atoms with Gasteiger partial charge in [-0.15, -0.1) is 0 Å². The van der Waals surface area contributed by atoms with Gasteiger partial charge in [0.1, 0.15) is 0 Å². The first-order valence-electron chi connectivity index (χ1n) is 4.07. The molecule has 0 aromatic carbocycles. The van der Waals surface area contributed by atoms with Crippen LogP contribution in [0.3, 0.4) is 0 Å². The molecule has 0 nitrogen and oxygen atoms in total. The zero-order chi connectivity index (χ0) is 7.56. The number of allylic oxidation sites excluding steroid dienone is 1. The van der Waals surface area contributed by atoms with Gasteiger partial charge >= 0.3 is 0 Å². The molecule has 0 saturated carbocycles. The molecule has 0 N–H and O–H groups in total. The fourth-order valence-electron chi connectivity index (χ4n) is 1.71. The standard InChI is InChI=1S/C9H16S/c1-7(2)9-5-3-4-8(9)6-10/h7,10H,3-6H2,1-2H3. The third-order valence-electron chi connectivity index (χ3n) is 2.27. The lowest BCUT2D eigenvalue weighted by molar-refractivity contribution is 0.724. The summed E-state index contributed by atoms with van der Waals surface area (Å²) in [6.45, 7) is 4.56. The van der Waals surface area contributed by atoms with Crippen LogP contribution in [0.5, 0.6) is 0 Å². The lowest BCUT2D eigenvalue weighted by Gasteiger charge is -2.08. The van der Waals surface area contributed by atoms with Crippen molar-refractivity contribution in [2.75, 3.05) is 5.75 Å². The van der Waals surface area contributed by atoms with Crippen molar-refractivity contribution < 1.29 is 0 Å². The lowest BCUT2D eigenvalue weighted by atomic mass is 10.0. The summed E-state index contributed by atoms with van der Waals surface area (Å²) in [5.74, 6) is 1.73. The Morgan fingerprint density at radius 1 is 1.40 bits per heavy atom. The summed E-state index contributed by atoms with van der Waals surface area (Å²) in [4.78, 5) is 0. The van der Waals surface area contributed by atoms with Crippen molar-refractivity contribution in [1.82, 2.24) is 0 Å². The molecule has 0 aromatic heterocycles. The van der Waals surface area contributed by atoms with Crippen LogP contribution in [-0.2, 0) is 0 Å². The van der Waals surface area contributed by atoms with Crippen LogP contribution in [-0.4, -0.2) is 5.75 Å². The number of rotatable bonds is 2. The first-order chi connectivity index (χ1) is 4.75. The molecule has 0 amide bonds. The smallest absolute Gasteiger partial charge is 0.0115 e. The summed E-state index contributed by atoms with van der Waals surface area (Å²) < 4.78 is 0. The summed E-state index contributed by atoms with van der Waals surface area (Å²) >= 11 is 4.31. The Balaban J connectivity index is 2.68. The Morgan fingerprint density at radius 3 is 2.50 bits per heavy atom. The summed E-state index contributed by atoms with van der Waals surface area (Å²) in [5, 5.41) is 0. The Labute approximate surface area is 69.1 Å². The second-order valence-electron chi connectivity index (χ2n) is 3.30. The van der Waals surface area contributed by atoms with E-state index in [1.807, 2.05) is 0 Å². The maximum Gasteiger partial charge on any atom is 0.0115 e. The van der Waals surface area contributed by atoms with Crippen LogP contribution in [0, 0.1) is 5.92 Å². The molecule has 1 rings (SSSR count). The number of hydrogen-bond acceptors (Lipinski definition) is 1. The van der Waals surface area contributed by atoms with Crippen LogP contribution in [0.2, 0.25) is 0 Å². The predicted octanol–water partition coefficient (Wildman–Crippen LogP) is 3.05. The van der Waals surface area contributed by atoms with Crippen molar-refractivity contribution in [3.63, 3.8) is 0 Å². The fourth-order valence-corrected chi connectivity index (χ4v) is 2.07. The van der Waals surface area contributed by atoms with Gasteiger partial charge in [-0.05, 0) is 25.2 Å². The van der Waals surface area contributed by atoms with E-state index in [0.717, 1.165) is 11.7 Å². The average molecular weight is 156 g/mol. The van der Waals surface area contributed by atoms with Crippen molar-refractivity contribution in [3.8, 4) is 0 Å². The van der Waals surface area contributed by atoms with E-state index in [1.54, 1.807) is 11.1 Å². The summed E-state index contributed by atoms with van der Waals surface area (Å²) in [6, 6.07) is 0. The van der Waals surface area contributed by atoms with Crippen LogP contribution in [0.1, 0.15) is 33.1 Å². The zero-order valence-corrected chi connectivity index (χ0v) is 7.75. The molecule has 0 bridgehead atoms.